The fourth-order valence-corrected chi connectivity index (χ4v) is 3.65. The summed E-state index contributed by atoms with van der Waals surface area (Å²) < 4.78 is 24.6. The number of rotatable bonds is 6. The number of thiophene rings is 1. The van der Waals surface area contributed by atoms with Crippen LogP contribution in [0.25, 0.3) is 0 Å². The Balaban J connectivity index is 1.86. The van der Waals surface area contributed by atoms with Gasteiger partial charge in [-0.25, -0.2) is 13.1 Å². The molecule has 0 spiro atoms. The van der Waals surface area contributed by atoms with Crippen molar-refractivity contribution in [3.05, 3.63) is 17.5 Å². The van der Waals surface area contributed by atoms with Gasteiger partial charge in [0, 0.05) is 39.3 Å². The van der Waals surface area contributed by atoms with Crippen LogP contribution in [-0.4, -0.2) is 71.3 Å². The van der Waals surface area contributed by atoms with Crippen molar-refractivity contribution in [2.24, 2.45) is 4.99 Å². The molecule has 0 aliphatic carbocycles. The van der Waals surface area contributed by atoms with E-state index in [1.165, 1.54) is 5.00 Å². The molecule has 0 atom stereocenters. The van der Waals surface area contributed by atoms with Crippen molar-refractivity contribution in [1.29, 1.82) is 0 Å². The number of guanidine groups is 1. The van der Waals surface area contributed by atoms with Crippen LogP contribution in [0.3, 0.4) is 0 Å². The fraction of sp³-hybridized carbons (Fsp3) is 0.643. The molecule has 2 N–H and O–H groups in total. The molecule has 0 unspecified atom stereocenters. The molecular formula is C14H25N5O2S2. The molecule has 2 rings (SSSR count). The lowest BCUT2D eigenvalue weighted by Crippen LogP contribution is -2.52. The van der Waals surface area contributed by atoms with Gasteiger partial charge in [-0.2, -0.15) is 0 Å². The first kappa shape index (κ1) is 18.0. The van der Waals surface area contributed by atoms with E-state index >= 15 is 0 Å². The maximum atomic E-state index is 11.1. The highest BCUT2D eigenvalue weighted by Gasteiger charge is 2.20. The van der Waals surface area contributed by atoms with Crippen LogP contribution in [0.5, 0.6) is 0 Å². The molecule has 23 heavy (non-hydrogen) atoms. The first-order valence-electron chi connectivity index (χ1n) is 7.76. The number of nitrogens with one attached hydrogen (secondary N) is 2. The van der Waals surface area contributed by atoms with E-state index in [4.69, 9.17) is 0 Å². The maximum Gasteiger partial charge on any atom is 0.208 e. The lowest BCUT2D eigenvalue weighted by Gasteiger charge is -2.37. The summed E-state index contributed by atoms with van der Waals surface area (Å²) >= 11 is 1.76. The molecule has 9 heteroatoms. The van der Waals surface area contributed by atoms with Gasteiger partial charge in [-0.1, -0.05) is 0 Å². The standard InChI is InChI=1S/C14H25N5O2S2/c1-3-15-14(16-6-7-17-23(2,20)21)19-10-8-18(9-11-19)13-5-4-12-22-13/h4-5,12,17H,3,6-11H2,1-2H3,(H,15,16). The molecule has 0 saturated carbocycles. The predicted molar refractivity (Wildman–Crippen MR) is 96.9 cm³/mol. The molecule has 1 saturated heterocycles. The number of piperazine rings is 1. The van der Waals surface area contributed by atoms with E-state index in [1.54, 1.807) is 11.3 Å². The molecule has 1 aromatic heterocycles. The predicted octanol–water partition coefficient (Wildman–Crippen LogP) is 0.385. The van der Waals surface area contributed by atoms with E-state index in [-0.39, 0.29) is 0 Å². The number of anilines is 1. The number of nitrogens with zero attached hydrogens (tertiary/aromatic N) is 3. The van der Waals surface area contributed by atoms with E-state index in [9.17, 15) is 8.42 Å². The van der Waals surface area contributed by atoms with Crippen molar-refractivity contribution in [2.75, 3.05) is 57.0 Å². The maximum absolute atomic E-state index is 11.1. The molecular weight excluding hydrogens is 334 g/mol. The Morgan fingerprint density at radius 3 is 2.65 bits per heavy atom. The van der Waals surface area contributed by atoms with Crippen molar-refractivity contribution >= 4 is 32.3 Å². The smallest absolute Gasteiger partial charge is 0.208 e. The molecule has 1 aromatic rings. The van der Waals surface area contributed by atoms with Crippen molar-refractivity contribution < 1.29 is 8.42 Å². The third-order valence-electron chi connectivity index (χ3n) is 3.47. The number of hydrogen-bond acceptors (Lipinski definition) is 5. The summed E-state index contributed by atoms with van der Waals surface area (Å²) in [6.07, 6.45) is 1.16. The van der Waals surface area contributed by atoms with Gasteiger partial charge >= 0.3 is 0 Å². The molecule has 1 fully saturated rings. The summed E-state index contributed by atoms with van der Waals surface area (Å²) in [6.45, 7) is 7.32. The minimum Gasteiger partial charge on any atom is -0.360 e. The second kappa shape index (κ2) is 8.51. The molecule has 0 radical (unpaired) electrons. The van der Waals surface area contributed by atoms with Gasteiger partial charge < -0.3 is 15.1 Å². The molecule has 2 heterocycles. The van der Waals surface area contributed by atoms with Crippen LogP contribution in [0, 0.1) is 0 Å². The van der Waals surface area contributed by atoms with Crippen LogP contribution < -0.4 is 14.9 Å². The van der Waals surface area contributed by atoms with E-state index in [0.717, 1.165) is 44.9 Å². The van der Waals surface area contributed by atoms with Gasteiger partial charge in [0.1, 0.15) is 0 Å². The zero-order valence-electron chi connectivity index (χ0n) is 13.7. The normalized spacial score (nSPS) is 16.7. The summed E-state index contributed by atoms with van der Waals surface area (Å²) in [6, 6.07) is 4.23. The number of sulfonamides is 1. The van der Waals surface area contributed by atoms with Crippen LogP contribution in [0.15, 0.2) is 22.5 Å². The number of aliphatic imine (C=N–C) groups is 1. The average molecular weight is 360 g/mol. The molecule has 1 aliphatic heterocycles. The Hall–Kier alpha value is -1.32. The SMILES string of the molecule is CCNC(=NCCNS(C)(=O)=O)N1CCN(c2cccs2)CC1. The van der Waals surface area contributed by atoms with Crippen LogP contribution in [0.2, 0.25) is 0 Å². The highest BCUT2D eigenvalue weighted by atomic mass is 32.2. The fourth-order valence-electron chi connectivity index (χ4n) is 2.41. The first-order chi connectivity index (χ1) is 11.0. The quantitative estimate of drug-likeness (QED) is 0.436. The van der Waals surface area contributed by atoms with E-state index in [1.807, 2.05) is 6.92 Å². The monoisotopic (exact) mass is 359 g/mol. The average Bonchev–Trinajstić information content (AvgIpc) is 3.04. The van der Waals surface area contributed by atoms with Crippen molar-refractivity contribution in [3.8, 4) is 0 Å². The Morgan fingerprint density at radius 1 is 1.35 bits per heavy atom. The third kappa shape index (κ3) is 6.00. The lowest BCUT2D eigenvalue weighted by molar-refractivity contribution is 0.373. The van der Waals surface area contributed by atoms with Crippen molar-refractivity contribution in [2.45, 2.75) is 6.92 Å². The van der Waals surface area contributed by atoms with Gasteiger partial charge in [-0.15, -0.1) is 11.3 Å². The van der Waals surface area contributed by atoms with Crippen LogP contribution in [0.1, 0.15) is 6.92 Å². The molecule has 130 valence electrons. The minimum absolute atomic E-state index is 0.322. The molecule has 1 aliphatic rings. The van der Waals surface area contributed by atoms with Crippen molar-refractivity contribution in [1.82, 2.24) is 14.9 Å². The molecule has 0 amide bonds. The van der Waals surface area contributed by atoms with E-state index < -0.39 is 10.0 Å². The van der Waals surface area contributed by atoms with Crippen molar-refractivity contribution in [3.63, 3.8) is 0 Å². The Labute approximate surface area is 142 Å². The van der Waals surface area contributed by atoms with E-state index in [0.29, 0.717) is 13.1 Å². The van der Waals surface area contributed by atoms with Gasteiger partial charge in [-0.3, -0.25) is 4.99 Å². The third-order valence-corrected chi connectivity index (χ3v) is 5.13. The Kier molecular flexibility index (Phi) is 6.67. The van der Waals surface area contributed by atoms with Gasteiger partial charge in [-0.05, 0) is 24.4 Å². The zero-order valence-corrected chi connectivity index (χ0v) is 15.3. The van der Waals surface area contributed by atoms with Gasteiger partial charge in [0.25, 0.3) is 0 Å². The first-order valence-corrected chi connectivity index (χ1v) is 10.5. The second-order valence-corrected chi connectivity index (χ2v) is 8.09. The van der Waals surface area contributed by atoms with Crippen LogP contribution >= 0.6 is 11.3 Å². The van der Waals surface area contributed by atoms with Gasteiger partial charge in [0.15, 0.2) is 5.96 Å². The van der Waals surface area contributed by atoms with Gasteiger partial charge in [0.05, 0.1) is 17.8 Å². The summed E-state index contributed by atoms with van der Waals surface area (Å²) in [4.78, 5) is 9.13. The Bertz CT molecular complexity index is 593. The zero-order chi connectivity index (χ0) is 16.7. The Morgan fingerprint density at radius 2 is 2.09 bits per heavy atom. The van der Waals surface area contributed by atoms with Gasteiger partial charge in [0.2, 0.25) is 10.0 Å². The highest BCUT2D eigenvalue weighted by Crippen LogP contribution is 2.22. The summed E-state index contributed by atoms with van der Waals surface area (Å²) in [5.74, 6) is 0.855. The topological polar surface area (TPSA) is 77.0 Å². The lowest BCUT2D eigenvalue weighted by atomic mass is 10.3. The summed E-state index contributed by atoms with van der Waals surface area (Å²) in [5.41, 5.74) is 0. The molecule has 0 aromatic carbocycles. The minimum atomic E-state index is -3.15. The molecule has 7 nitrogen and oxygen atoms in total. The van der Waals surface area contributed by atoms with Crippen LogP contribution in [0.4, 0.5) is 5.00 Å². The second-order valence-electron chi connectivity index (χ2n) is 5.33. The number of hydrogen-bond donors (Lipinski definition) is 2. The largest absolute Gasteiger partial charge is 0.360 e. The molecule has 0 bridgehead atoms. The van der Waals surface area contributed by atoms with E-state index in [2.05, 4.69) is 42.3 Å². The summed E-state index contributed by atoms with van der Waals surface area (Å²) in [7, 11) is -3.15. The summed E-state index contributed by atoms with van der Waals surface area (Å²) in [5, 5.41) is 6.69. The highest BCUT2D eigenvalue weighted by molar-refractivity contribution is 7.88. The van der Waals surface area contributed by atoms with Crippen LogP contribution in [-0.2, 0) is 10.0 Å².